The molecule has 0 saturated heterocycles. The molecule has 106 valence electrons. The summed E-state index contributed by atoms with van der Waals surface area (Å²) < 4.78 is 15.3. The Morgan fingerprint density at radius 3 is 2.53 bits per heavy atom. The van der Waals surface area contributed by atoms with Gasteiger partial charge in [-0.25, -0.2) is 4.79 Å². The van der Waals surface area contributed by atoms with Gasteiger partial charge in [0.1, 0.15) is 17.5 Å². The Bertz CT molecular complexity index is 420. The van der Waals surface area contributed by atoms with E-state index in [2.05, 4.69) is 5.32 Å². The lowest BCUT2D eigenvalue weighted by molar-refractivity contribution is -0.143. The summed E-state index contributed by atoms with van der Waals surface area (Å²) in [7, 11) is 4.52. The van der Waals surface area contributed by atoms with Gasteiger partial charge >= 0.3 is 5.97 Å². The molecule has 1 aromatic rings. The summed E-state index contributed by atoms with van der Waals surface area (Å²) in [5.41, 5.74) is 0.710. The summed E-state index contributed by atoms with van der Waals surface area (Å²) in [6, 6.07) is 4.78. The summed E-state index contributed by atoms with van der Waals surface area (Å²) in [4.78, 5) is 11.9. The number of nitrogens with one attached hydrogen (secondary N) is 1. The minimum absolute atomic E-state index is 0.347. The number of ether oxygens (including phenoxy) is 3. The van der Waals surface area contributed by atoms with Crippen molar-refractivity contribution in [2.45, 2.75) is 19.4 Å². The molecule has 1 rings (SSSR count). The molecule has 0 aliphatic rings. The third kappa shape index (κ3) is 3.86. The van der Waals surface area contributed by atoms with Crippen molar-refractivity contribution in [1.29, 1.82) is 0 Å². The zero-order chi connectivity index (χ0) is 14.3. The normalized spacial score (nSPS) is 11.8. The van der Waals surface area contributed by atoms with E-state index in [4.69, 9.17) is 14.2 Å². The van der Waals surface area contributed by atoms with Crippen LogP contribution < -0.4 is 14.8 Å². The summed E-state index contributed by atoms with van der Waals surface area (Å²) in [6.07, 6.45) is 0.916. The number of esters is 1. The van der Waals surface area contributed by atoms with Gasteiger partial charge in [0.25, 0.3) is 0 Å². The summed E-state index contributed by atoms with van der Waals surface area (Å²) in [5, 5.41) is 3.15. The molecule has 0 heterocycles. The largest absolute Gasteiger partial charge is 0.497 e. The van der Waals surface area contributed by atoms with Gasteiger partial charge in [-0.2, -0.15) is 0 Å². The van der Waals surface area contributed by atoms with Crippen LogP contribution in [0.4, 0.5) is 0 Å². The Morgan fingerprint density at radius 1 is 1.26 bits per heavy atom. The maximum Gasteiger partial charge on any atom is 0.327 e. The molecule has 0 radical (unpaired) electrons. The monoisotopic (exact) mass is 267 g/mol. The van der Waals surface area contributed by atoms with Gasteiger partial charge in [-0.1, -0.05) is 6.92 Å². The number of carbonyl (C=O) groups excluding carboxylic acids is 1. The van der Waals surface area contributed by atoms with Gasteiger partial charge in [0, 0.05) is 5.56 Å². The first kappa shape index (κ1) is 15.3. The maximum atomic E-state index is 11.9. The Hall–Kier alpha value is -1.75. The van der Waals surface area contributed by atoms with Gasteiger partial charge in [-0.05, 0) is 31.2 Å². The van der Waals surface area contributed by atoms with E-state index < -0.39 is 6.04 Å². The molecule has 0 spiro atoms. The van der Waals surface area contributed by atoms with Crippen molar-refractivity contribution in [3.8, 4) is 11.5 Å². The van der Waals surface area contributed by atoms with Crippen molar-refractivity contribution in [3.05, 3.63) is 23.8 Å². The van der Waals surface area contributed by atoms with E-state index in [-0.39, 0.29) is 5.97 Å². The number of rotatable bonds is 7. The Kier molecular flexibility index (Phi) is 6.15. The molecule has 0 aromatic heterocycles. The lowest BCUT2D eigenvalue weighted by atomic mass is 10.0. The smallest absolute Gasteiger partial charge is 0.327 e. The fraction of sp³-hybridized carbons (Fsp3) is 0.500. The molecule has 0 bridgehead atoms. The molecular weight excluding hydrogens is 246 g/mol. The zero-order valence-electron chi connectivity index (χ0n) is 11.9. The second-order valence-corrected chi connectivity index (χ2v) is 4.02. The fourth-order valence-corrected chi connectivity index (χ4v) is 1.79. The highest BCUT2D eigenvalue weighted by Gasteiger charge is 2.24. The van der Waals surface area contributed by atoms with Crippen molar-refractivity contribution in [2.75, 3.05) is 27.9 Å². The van der Waals surface area contributed by atoms with E-state index in [1.165, 1.54) is 7.11 Å². The Morgan fingerprint density at radius 2 is 2.00 bits per heavy atom. The first-order chi connectivity index (χ1) is 9.17. The molecule has 0 saturated carbocycles. The van der Waals surface area contributed by atoms with E-state index >= 15 is 0 Å². The maximum absolute atomic E-state index is 11.9. The Labute approximate surface area is 113 Å². The van der Waals surface area contributed by atoms with Gasteiger partial charge in [0.15, 0.2) is 0 Å². The minimum Gasteiger partial charge on any atom is -0.497 e. The van der Waals surface area contributed by atoms with E-state index in [1.807, 2.05) is 6.92 Å². The van der Waals surface area contributed by atoms with Crippen LogP contribution in [0.1, 0.15) is 24.9 Å². The highest BCUT2D eigenvalue weighted by Crippen LogP contribution is 2.30. The lowest BCUT2D eigenvalue weighted by Gasteiger charge is -2.19. The van der Waals surface area contributed by atoms with E-state index in [1.54, 1.807) is 32.4 Å². The third-order valence-corrected chi connectivity index (χ3v) is 2.78. The zero-order valence-corrected chi connectivity index (χ0v) is 11.9. The van der Waals surface area contributed by atoms with Crippen molar-refractivity contribution >= 4 is 5.97 Å². The average Bonchev–Trinajstić information content (AvgIpc) is 2.46. The molecule has 0 aliphatic heterocycles. The number of hydrogen-bond acceptors (Lipinski definition) is 5. The number of benzene rings is 1. The predicted molar refractivity (Wildman–Crippen MR) is 72.6 cm³/mol. The van der Waals surface area contributed by atoms with E-state index in [0.29, 0.717) is 23.6 Å². The predicted octanol–water partition coefficient (Wildman–Crippen LogP) is 1.92. The van der Waals surface area contributed by atoms with Gasteiger partial charge in [0.05, 0.1) is 21.3 Å². The standard InChI is InChI=1S/C14H21NO4/c1-5-8-15-13(14(16)19-4)11-9-10(17-2)6-7-12(11)18-3/h6-7,9,13,15H,5,8H2,1-4H3. The van der Waals surface area contributed by atoms with Crippen molar-refractivity contribution in [2.24, 2.45) is 0 Å². The van der Waals surface area contributed by atoms with Crippen LogP contribution >= 0.6 is 0 Å². The van der Waals surface area contributed by atoms with Crippen LogP contribution in [0.5, 0.6) is 11.5 Å². The second-order valence-electron chi connectivity index (χ2n) is 4.02. The molecule has 0 fully saturated rings. The highest BCUT2D eigenvalue weighted by atomic mass is 16.5. The molecule has 5 heteroatoms. The van der Waals surface area contributed by atoms with Crippen molar-refractivity contribution in [1.82, 2.24) is 5.32 Å². The third-order valence-electron chi connectivity index (χ3n) is 2.78. The molecule has 0 amide bonds. The van der Waals surface area contributed by atoms with Gasteiger partial charge in [0.2, 0.25) is 0 Å². The van der Waals surface area contributed by atoms with Gasteiger partial charge < -0.3 is 19.5 Å². The van der Waals surface area contributed by atoms with Crippen LogP contribution in [-0.4, -0.2) is 33.8 Å². The topological polar surface area (TPSA) is 56.8 Å². The van der Waals surface area contributed by atoms with Crippen molar-refractivity contribution < 1.29 is 19.0 Å². The van der Waals surface area contributed by atoms with Gasteiger partial charge in [-0.3, -0.25) is 0 Å². The molecule has 1 N–H and O–H groups in total. The lowest BCUT2D eigenvalue weighted by Crippen LogP contribution is -2.30. The summed E-state index contributed by atoms with van der Waals surface area (Å²) >= 11 is 0. The second kappa shape index (κ2) is 7.63. The quantitative estimate of drug-likeness (QED) is 0.765. The Balaban J connectivity index is 3.14. The van der Waals surface area contributed by atoms with Crippen LogP contribution in [0.3, 0.4) is 0 Å². The fourth-order valence-electron chi connectivity index (χ4n) is 1.79. The SMILES string of the molecule is CCCNC(C(=O)OC)c1cc(OC)ccc1OC. The first-order valence-corrected chi connectivity index (χ1v) is 6.21. The number of hydrogen-bond donors (Lipinski definition) is 1. The summed E-state index contributed by atoms with van der Waals surface area (Å²) in [5.74, 6) is 0.947. The molecule has 1 unspecified atom stereocenters. The molecule has 1 aromatic carbocycles. The highest BCUT2D eigenvalue weighted by molar-refractivity contribution is 5.78. The molecule has 1 atom stereocenters. The van der Waals surface area contributed by atoms with Crippen LogP contribution in [0.2, 0.25) is 0 Å². The van der Waals surface area contributed by atoms with Crippen LogP contribution in [0, 0.1) is 0 Å². The van der Waals surface area contributed by atoms with Gasteiger partial charge in [-0.15, -0.1) is 0 Å². The minimum atomic E-state index is -0.560. The van der Waals surface area contributed by atoms with E-state index in [9.17, 15) is 4.79 Å². The summed E-state index contributed by atoms with van der Waals surface area (Å²) in [6.45, 7) is 2.74. The average molecular weight is 267 g/mol. The van der Waals surface area contributed by atoms with E-state index in [0.717, 1.165) is 6.42 Å². The molecule has 19 heavy (non-hydrogen) atoms. The van der Waals surface area contributed by atoms with Crippen LogP contribution in [0.15, 0.2) is 18.2 Å². The van der Waals surface area contributed by atoms with Crippen molar-refractivity contribution in [3.63, 3.8) is 0 Å². The van der Waals surface area contributed by atoms with Crippen LogP contribution in [-0.2, 0) is 9.53 Å². The van der Waals surface area contributed by atoms with Crippen LogP contribution in [0.25, 0.3) is 0 Å². The first-order valence-electron chi connectivity index (χ1n) is 6.21. The number of methoxy groups -OCH3 is 3. The number of carbonyl (C=O) groups is 1. The molecule has 5 nitrogen and oxygen atoms in total. The molecular formula is C14H21NO4. The molecule has 0 aliphatic carbocycles.